The molecule has 0 unspecified atom stereocenters. The number of hydrogen-bond donors (Lipinski definition) is 0. The zero-order valence-electron chi connectivity index (χ0n) is 9.75. The van der Waals surface area contributed by atoms with Crippen LogP contribution in [0.3, 0.4) is 0 Å². The minimum atomic E-state index is -0.374. The third-order valence-electron chi connectivity index (χ3n) is 1.98. The maximum absolute atomic E-state index is 11.4. The molecule has 0 saturated carbocycles. The summed E-state index contributed by atoms with van der Waals surface area (Å²) in [6.45, 7) is 7.30. The van der Waals surface area contributed by atoms with Gasteiger partial charge >= 0.3 is 5.97 Å². The van der Waals surface area contributed by atoms with E-state index in [0.29, 0.717) is 11.0 Å². The van der Waals surface area contributed by atoms with E-state index in [4.69, 9.17) is 9.47 Å². The molecule has 0 N–H and O–H groups in total. The van der Waals surface area contributed by atoms with Crippen molar-refractivity contribution in [2.24, 2.45) is 0 Å². The van der Waals surface area contributed by atoms with Crippen LogP contribution in [-0.4, -0.2) is 35.8 Å². The lowest BCUT2D eigenvalue weighted by Crippen LogP contribution is -2.26. The van der Waals surface area contributed by atoms with E-state index in [1.54, 1.807) is 11.8 Å². The van der Waals surface area contributed by atoms with E-state index in [0.717, 1.165) is 26.1 Å². The molecule has 0 aliphatic carbocycles. The maximum atomic E-state index is 11.4. The Morgan fingerprint density at radius 3 is 2.80 bits per heavy atom. The van der Waals surface area contributed by atoms with Crippen molar-refractivity contribution in [2.75, 3.05) is 19.0 Å². The number of ether oxygens (including phenoxy) is 2. The van der Waals surface area contributed by atoms with Gasteiger partial charge in [-0.25, -0.2) is 0 Å². The van der Waals surface area contributed by atoms with Gasteiger partial charge in [0.2, 0.25) is 0 Å². The van der Waals surface area contributed by atoms with Crippen LogP contribution in [0, 0.1) is 0 Å². The smallest absolute Gasteiger partial charge is 0.316 e. The number of carbonyl (C=O) groups excluding carboxylic acids is 1. The van der Waals surface area contributed by atoms with Crippen LogP contribution >= 0.6 is 11.8 Å². The van der Waals surface area contributed by atoms with Gasteiger partial charge in [-0.2, -0.15) is 0 Å². The van der Waals surface area contributed by atoms with E-state index in [1.807, 2.05) is 20.8 Å². The van der Waals surface area contributed by atoms with Crippen molar-refractivity contribution in [1.29, 1.82) is 0 Å². The Morgan fingerprint density at radius 1 is 1.53 bits per heavy atom. The summed E-state index contributed by atoms with van der Waals surface area (Å²) >= 11 is 1.65. The van der Waals surface area contributed by atoms with Crippen LogP contribution in [0.4, 0.5) is 0 Å². The van der Waals surface area contributed by atoms with Crippen molar-refractivity contribution in [3.63, 3.8) is 0 Å². The van der Waals surface area contributed by atoms with Crippen molar-refractivity contribution in [3.8, 4) is 0 Å². The van der Waals surface area contributed by atoms with Crippen molar-refractivity contribution in [1.82, 2.24) is 0 Å². The summed E-state index contributed by atoms with van der Waals surface area (Å²) in [7, 11) is 0. The second-order valence-electron chi connectivity index (χ2n) is 4.74. The van der Waals surface area contributed by atoms with E-state index in [2.05, 4.69) is 0 Å². The molecular formula is C11H20O3S. The fourth-order valence-electron chi connectivity index (χ4n) is 1.40. The van der Waals surface area contributed by atoms with Crippen molar-refractivity contribution < 1.29 is 14.3 Å². The molecule has 1 aliphatic rings. The van der Waals surface area contributed by atoms with E-state index >= 15 is 0 Å². The molecule has 1 aliphatic heterocycles. The van der Waals surface area contributed by atoms with Crippen LogP contribution in [0.25, 0.3) is 0 Å². The highest BCUT2D eigenvalue weighted by Crippen LogP contribution is 2.21. The Hall–Kier alpha value is -0.220. The molecule has 0 aromatic rings. The topological polar surface area (TPSA) is 35.5 Å². The number of thioether (sulfide) groups is 1. The predicted molar refractivity (Wildman–Crippen MR) is 62.1 cm³/mol. The molecule has 1 heterocycles. The highest BCUT2D eigenvalue weighted by Gasteiger charge is 2.19. The van der Waals surface area contributed by atoms with Gasteiger partial charge in [-0.15, -0.1) is 11.8 Å². The first-order chi connectivity index (χ1) is 6.97. The summed E-state index contributed by atoms with van der Waals surface area (Å²) in [5, 5.41) is 0.464. The predicted octanol–water partition coefficient (Wildman–Crippen LogP) is 2.24. The van der Waals surface area contributed by atoms with Gasteiger partial charge < -0.3 is 9.47 Å². The molecule has 1 rings (SSSR count). The minimum Gasteiger partial charge on any atom is -0.459 e. The molecule has 88 valence electrons. The Kier molecular flexibility index (Phi) is 4.93. The first kappa shape index (κ1) is 12.8. The molecule has 4 heteroatoms. The highest BCUT2D eigenvalue weighted by atomic mass is 32.2. The number of carbonyl (C=O) groups is 1. The molecule has 15 heavy (non-hydrogen) atoms. The second kappa shape index (κ2) is 5.75. The zero-order chi connectivity index (χ0) is 11.3. The Morgan fingerprint density at radius 2 is 2.27 bits per heavy atom. The van der Waals surface area contributed by atoms with E-state index in [1.165, 1.54) is 0 Å². The number of hydrogen-bond acceptors (Lipinski definition) is 4. The summed E-state index contributed by atoms with van der Waals surface area (Å²) in [5.41, 5.74) is -0.374. The lowest BCUT2D eigenvalue weighted by Gasteiger charge is -2.23. The summed E-state index contributed by atoms with van der Waals surface area (Å²) in [6, 6.07) is 0. The molecule has 1 atom stereocenters. The fourth-order valence-corrected chi connectivity index (χ4v) is 2.36. The van der Waals surface area contributed by atoms with Gasteiger partial charge in [-0.05, 0) is 33.6 Å². The van der Waals surface area contributed by atoms with Crippen LogP contribution < -0.4 is 0 Å². The monoisotopic (exact) mass is 232 g/mol. The van der Waals surface area contributed by atoms with Crippen molar-refractivity contribution >= 4 is 17.7 Å². The van der Waals surface area contributed by atoms with Crippen LogP contribution in [0.15, 0.2) is 0 Å². The lowest BCUT2D eigenvalue weighted by atomic mass is 10.2. The largest absolute Gasteiger partial charge is 0.459 e. The van der Waals surface area contributed by atoms with Crippen LogP contribution in [0.1, 0.15) is 33.6 Å². The van der Waals surface area contributed by atoms with Gasteiger partial charge in [0.15, 0.2) is 0 Å². The molecule has 1 fully saturated rings. The van der Waals surface area contributed by atoms with E-state index in [9.17, 15) is 4.79 Å². The molecule has 1 saturated heterocycles. The Labute approximate surface area is 95.9 Å². The molecule has 0 spiro atoms. The first-order valence-corrected chi connectivity index (χ1v) is 6.43. The highest BCUT2D eigenvalue weighted by molar-refractivity contribution is 8.00. The molecule has 0 bridgehead atoms. The van der Waals surface area contributed by atoms with Gasteiger partial charge in [0, 0.05) is 11.9 Å². The quantitative estimate of drug-likeness (QED) is 0.699. The average molecular weight is 232 g/mol. The third kappa shape index (κ3) is 6.05. The van der Waals surface area contributed by atoms with Crippen LogP contribution in [0.2, 0.25) is 0 Å². The second-order valence-corrected chi connectivity index (χ2v) is 6.03. The van der Waals surface area contributed by atoms with Gasteiger partial charge in [0.05, 0.1) is 12.4 Å². The normalized spacial score (nSPS) is 22.5. The van der Waals surface area contributed by atoms with Crippen molar-refractivity contribution in [2.45, 2.75) is 44.5 Å². The SMILES string of the molecule is CC(C)(C)OC(=O)CS[C@@H]1CCCOC1. The summed E-state index contributed by atoms with van der Waals surface area (Å²) < 4.78 is 10.6. The van der Waals surface area contributed by atoms with Gasteiger partial charge in [0.25, 0.3) is 0 Å². The lowest BCUT2D eigenvalue weighted by molar-refractivity contribution is -0.151. The van der Waals surface area contributed by atoms with Gasteiger partial charge in [-0.3, -0.25) is 4.79 Å². The van der Waals surface area contributed by atoms with E-state index < -0.39 is 0 Å². The number of rotatable bonds is 3. The summed E-state index contributed by atoms with van der Waals surface area (Å²) in [5.74, 6) is 0.309. The van der Waals surface area contributed by atoms with Crippen molar-refractivity contribution in [3.05, 3.63) is 0 Å². The number of esters is 1. The minimum absolute atomic E-state index is 0.127. The average Bonchev–Trinajstić information content (AvgIpc) is 2.14. The molecule has 0 aromatic heterocycles. The standard InChI is InChI=1S/C11H20O3S/c1-11(2,3)14-10(12)8-15-9-5-4-6-13-7-9/h9H,4-8H2,1-3H3/t9-/m1/s1. The van der Waals surface area contributed by atoms with Crippen LogP contribution in [0.5, 0.6) is 0 Å². The molecule has 0 amide bonds. The molecular weight excluding hydrogens is 212 g/mol. The summed E-state index contributed by atoms with van der Waals surface area (Å²) in [6.07, 6.45) is 2.25. The first-order valence-electron chi connectivity index (χ1n) is 5.38. The van der Waals surface area contributed by atoms with Gasteiger partial charge in [0.1, 0.15) is 5.60 Å². The van der Waals surface area contributed by atoms with E-state index in [-0.39, 0.29) is 11.6 Å². The van der Waals surface area contributed by atoms with Crippen LogP contribution in [-0.2, 0) is 14.3 Å². The summed E-state index contributed by atoms with van der Waals surface area (Å²) in [4.78, 5) is 11.4. The molecule has 0 radical (unpaired) electrons. The Bertz CT molecular complexity index is 204. The molecule has 0 aromatic carbocycles. The molecule has 3 nitrogen and oxygen atoms in total. The maximum Gasteiger partial charge on any atom is 0.316 e. The Balaban J connectivity index is 2.15. The fraction of sp³-hybridized carbons (Fsp3) is 0.909. The zero-order valence-corrected chi connectivity index (χ0v) is 10.6. The third-order valence-corrected chi connectivity index (χ3v) is 3.22. The van der Waals surface area contributed by atoms with Gasteiger partial charge in [-0.1, -0.05) is 0 Å².